The summed E-state index contributed by atoms with van der Waals surface area (Å²) in [4.78, 5) is 27.1. The summed E-state index contributed by atoms with van der Waals surface area (Å²) in [5, 5.41) is 0. The quantitative estimate of drug-likeness (QED) is 0.447. The van der Waals surface area contributed by atoms with E-state index >= 15 is 0 Å². The van der Waals surface area contributed by atoms with Gasteiger partial charge in [0.2, 0.25) is 0 Å². The molecular formula is C19H15F4N3O5. The van der Waals surface area contributed by atoms with Crippen molar-refractivity contribution in [3.05, 3.63) is 47.8 Å². The smallest absolute Gasteiger partial charge is 0.387 e. The van der Waals surface area contributed by atoms with Gasteiger partial charge in [0, 0.05) is 17.3 Å². The lowest BCUT2D eigenvalue weighted by atomic mass is 10.1. The first kappa shape index (κ1) is 21.9. The van der Waals surface area contributed by atoms with Gasteiger partial charge in [-0.05, 0) is 24.3 Å². The van der Waals surface area contributed by atoms with E-state index in [2.05, 4.69) is 14.5 Å². The lowest BCUT2D eigenvalue weighted by Gasteiger charge is -2.15. The summed E-state index contributed by atoms with van der Waals surface area (Å²) in [7, 11) is 2.04. The van der Waals surface area contributed by atoms with E-state index in [1.165, 1.54) is 30.0 Å². The van der Waals surface area contributed by atoms with Crippen LogP contribution in [0.15, 0.2) is 36.7 Å². The second kappa shape index (κ2) is 8.13. The van der Waals surface area contributed by atoms with Crippen LogP contribution in [0.1, 0.15) is 15.9 Å². The molecule has 0 aliphatic carbocycles. The number of halogens is 4. The zero-order valence-electron chi connectivity index (χ0n) is 16.1. The van der Waals surface area contributed by atoms with E-state index in [0.717, 1.165) is 25.3 Å². The maximum absolute atomic E-state index is 14.1. The highest BCUT2D eigenvalue weighted by molar-refractivity contribution is 5.99. The first-order valence-corrected chi connectivity index (χ1v) is 8.51. The highest BCUT2D eigenvalue weighted by Gasteiger charge is 2.42. The van der Waals surface area contributed by atoms with Crippen LogP contribution in [0.25, 0.3) is 16.9 Å². The van der Waals surface area contributed by atoms with E-state index in [0.29, 0.717) is 0 Å². The van der Waals surface area contributed by atoms with Crippen molar-refractivity contribution in [2.45, 2.75) is 12.5 Å². The van der Waals surface area contributed by atoms with E-state index in [-0.39, 0.29) is 28.2 Å². The summed E-state index contributed by atoms with van der Waals surface area (Å²) in [5.74, 6) is -7.34. The molecule has 0 saturated carbocycles. The minimum Gasteiger partial charge on any atom is -0.496 e. The van der Waals surface area contributed by atoms with Gasteiger partial charge in [0.05, 0.1) is 26.1 Å². The standard InChI is InChI=1S/C19H15F4N3O5/c1-29-12-5-9(6-13(31-18(20)21)15(12)16(24)27)11-8-25-14-7-10(3-4-26(11)14)19(22,23)17(28)30-2/h3-8,18H,1-2H3,(H2,24,27). The Bertz CT molecular complexity index is 1160. The number of primary amides is 1. The number of fused-ring (bicyclic) bond motifs is 1. The number of hydrogen-bond donors (Lipinski definition) is 1. The van der Waals surface area contributed by atoms with Crippen molar-refractivity contribution in [1.29, 1.82) is 0 Å². The number of methoxy groups -OCH3 is 2. The van der Waals surface area contributed by atoms with Gasteiger partial charge in [-0.25, -0.2) is 9.78 Å². The van der Waals surface area contributed by atoms with Crippen molar-refractivity contribution in [1.82, 2.24) is 9.38 Å². The molecule has 0 aliphatic rings. The molecule has 0 saturated heterocycles. The fourth-order valence-corrected chi connectivity index (χ4v) is 2.97. The topological polar surface area (TPSA) is 105 Å². The molecule has 2 aromatic heterocycles. The van der Waals surface area contributed by atoms with Gasteiger partial charge in [0.15, 0.2) is 0 Å². The summed E-state index contributed by atoms with van der Waals surface area (Å²) >= 11 is 0. The maximum Gasteiger partial charge on any atom is 0.387 e. The van der Waals surface area contributed by atoms with Crippen LogP contribution in [0.2, 0.25) is 0 Å². The largest absolute Gasteiger partial charge is 0.496 e. The number of ether oxygens (including phenoxy) is 3. The number of carbonyl (C=O) groups is 2. The maximum atomic E-state index is 14.1. The van der Waals surface area contributed by atoms with Gasteiger partial charge in [-0.3, -0.25) is 9.20 Å². The van der Waals surface area contributed by atoms with Crippen LogP contribution in [0.3, 0.4) is 0 Å². The minimum absolute atomic E-state index is 0.0327. The van der Waals surface area contributed by atoms with Crippen LogP contribution in [0.5, 0.6) is 11.5 Å². The molecule has 0 aliphatic heterocycles. The molecule has 12 heteroatoms. The molecule has 0 atom stereocenters. The summed E-state index contributed by atoms with van der Waals surface area (Å²) in [6.07, 6.45) is 2.49. The van der Waals surface area contributed by atoms with Crippen LogP contribution in [-0.2, 0) is 15.5 Å². The Balaban J connectivity index is 2.16. The Hall–Kier alpha value is -3.83. The number of pyridine rings is 1. The number of nitrogens with two attached hydrogens (primary N) is 1. The van der Waals surface area contributed by atoms with Crippen LogP contribution in [0, 0.1) is 0 Å². The van der Waals surface area contributed by atoms with Gasteiger partial charge >= 0.3 is 18.5 Å². The Morgan fingerprint density at radius 2 is 1.84 bits per heavy atom. The lowest BCUT2D eigenvalue weighted by molar-refractivity contribution is -0.170. The molecule has 1 aromatic carbocycles. The molecule has 2 N–H and O–H groups in total. The monoisotopic (exact) mass is 441 g/mol. The van der Waals surface area contributed by atoms with Gasteiger partial charge in [-0.15, -0.1) is 0 Å². The molecule has 164 valence electrons. The molecule has 8 nitrogen and oxygen atoms in total. The number of amides is 1. The third-order valence-corrected chi connectivity index (χ3v) is 4.36. The average molecular weight is 441 g/mol. The molecule has 0 radical (unpaired) electrons. The van der Waals surface area contributed by atoms with Crippen molar-refractivity contribution in [3.8, 4) is 22.8 Å². The van der Waals surface area contributed by atoms with Gasteiger partial charge in [-0.1, -0.05) is 0 Å². The third-order valence-electron chi connectivity index (χ3n) is 4.36. The first-order chi connectivity index (χ1) is 14.6. The Kier molecular flexibility index (Phi) is 5.73. The highest BCUT2D eigenvalue weighted by Crippen LogP contribution is 2.37. The summed E-state index contributed by atoms with van der Waals surface area (Å²) in [6.45, 7) is -3.25. The number of nitrogens with zero attached hydrogens (tertiary/aromatic N) is 2. The number of hydrogen-bond acceptors (Lipinski definition) is 6. The molecule has 3 rings (SSSR count). The van der Waals surface area contributed by atoms with E-state index in [9.17, 15) is 27.2 Å². The van der Waals surface area contributed by atoms with Crippen LogP contribution in [-0.4, -0.2) is 42.1 Å². The van der Waals surface area contributed by atoms with Crippen molar-refractivity contribution in [3.63, 3.8) is 0 Å². The molecule has 2 heterocycles. The molecular weight excluding hydrogens is 426 g/mol. The summed E-state index contributed by atoms with van der Waals surface area (Å²) in [5.41, 5.74) is 4.74. The van der Waals surface area contributed by atoms with Crippen LogP contribution >= 0.6 is 0 Å². The average Bonchev–Trinajstić information content (AvgIpc) is 3.15. The minimum atomic E-state index is -3.90. The fraction of sp³-hybridized carbons (Fsp3) is 0.211. The fourth-order valence-electron chi connectivity index (χ4n) is 2.97. The second-order valence-corrected chi connectivity index (χ2v) is 6.15. The normalized spacial score (nSPS) is 11.6. The third kappa shape index (κ3) is 3.96. The van der Waals surface area contributed by atoms with Crippen molar-refractivity contribution >= 4 is 17.5 Å². The highest BCUT2D eigenvalue weighted by atomic mass is 19.3. The van der Waals surface area contributed by atoms with E-state index in [4.69, 9.17) is 10.5 Å². The SMILES string of the molecule is COC(=O)C(F)(F)c1ccn2c(-c3cc(OC)c(C(N)=O)c(OC(F)F)c3)cnc2c1. The zero-order chi connectivity index (χ0) is 22.9. The Labute approximate surface area is 172 Å². The number of rotatable bonds is 7. The second-order valence-electron chi connectivity index (χ2n) is 6.15. The van der Waals surface area contributed by atoms with Crippen LogP contribution in [0.4, 0.5) is 17.6 Å². The number of imidazole rings is 1. The number of carbonyl (C=O) groups excluding carboxylic acids is 2. The number of esters is 1. The summed E-state index contributed by atoms with van der Waals surface area (Å²) in [6, 6.07) is 4.42. The van der Waals surface area contributed by atoms with E-state index in [1.807, 2.05) is 0 Å². The van der Waals surface area contributed by atoms with Crippen LogP contribution < -0.4 is 15.2 Å². The first-order valence-electron chi connectivity index (χ1n) is 8.51. The number of aromatic nitrogens is 2. The molecule has 0 bridgehead atoms. The Morgan fingerprint density at radius 3 is 2.42 bits per heavy atom. The van der Waals surface area contributed by atoms with E-state index < -0.39 is 35.7 Å². The summed E-state index contributed by atoms with van der Waals surface area (Å²) < 4.78 is 68.9. The zero-order valence-corrected chi connectivity index (χ0v) is 16.1. The molecule has 0 unspecified atom stereocenters. The lowest BCUT2D eigenvalue weighted by Crippen LogP contribution is -2.27. The van der Waals surface area contributed by atoms with Gasteiger partial charge in [-0.2, -0.15) is 17.6 Å². The van der Waals surface area contributed by atoms with E-state index in [1.54, 1.807) is 0 Å². The number of benzene rings is 1. The molecule has 31 heavy (non-hydrogen) atoms. The Morgan fingerprint density at radius 1 is 1.16 bits per heavy atom. The molecule has 0 fully saturated rings. The van der Waals surface area contributed by atoms with Gasteiger partial charge in [0.25, 0.3) is 5.91 Å². The molecule has 0 spiro atoms. The molecule has 3 aromatic rings. The van der Waals surface area contributed by atoms with Crippen molar-refractivity contribution in [2.24, 2.45) is 5.73 Å². The van der Waals surface area contributed by atoms with Gasteiger partial charge < -0.3 is 19.9 Å². The van der Waals surface area contributed by atoms with Crippen molar-refractivity contribution in [2.75, 3.05) is 14.2 Å². The number of alkyl halides is 4. The predicted octanol–water partition coefficient (Wildman–Crippen LogP) is 2.98. The predicted molar refractivity (Wildman–Crippen MR) is 98.2 cm³/mol. The van der Waals surface area contributed by atoms with Gasteiger partial charge in [0.1, 0.15) is 22.7 Å². The van der Waals surface area contributed by atoms with Crippen molar-refractivity contribution < 1.29 is 41.4 Å². The molecule has 1 amide bonds.